The molecule has 3 rings (SSSR count). The summed E-state index contributed by atoms with van der Waals surface area (Å²) in [5, 5.41) is 0.961. The molecule has 106 valence electrons. The first-order chi connectivity index (χ1) is 9.97. The molecule has 1 heterocycles. The topological polar surface area (TPSA) is 32.9 Å². The molecule has 0 amide bonds. The van der Waals surface area contributed by atoms with E-state index < -0.39 is 0 Å². The van der Waals surface area contributed by atoms with Crippen molar-refractivity contribution in [2.45, 2.75) is 20.8 Å². The molecule has 3 aromatic rings. The Bertz CT molecular complexity index is 838. The van der Waals surface area contributed by atoms with Crippen LogP contribution in [0.15, 0.2) is 41.0 Å². The Labute approximate surface area is 132 Å². The number of carbonyl (C=O) groups is 1. The van der Waals surface area contributed by atoms with Gasteiger partial charge in [-0.05, 0) is 44.0 Å². The second kappa shape index (κ2) is 5.15. The molecule has 0 fully saturated rings. The number of hydrogen-bond donors (Lipinski definition) is 1. The molecule has 2 aromatic carbocycles. The zero-order chi connectivity index (χ0) is 15.1. The van der Waals surface area contributed by atoms with Gasteiger partial charge in [0.2, 0.25) is 0 Å². The molecular weight excluding hydrogens is 326 g/mol. The maximum atomic E-state index is 12.9. The molecule has 0 saturated heterocycles. The first kappa shape index (κ1) is 14.1. The van der Waals surface area contributed by atoms with Gasteiger partial charge in [-0.3, -0.25) is 4.79 Å². The minimum absolute atomic E-state index is 0.0820. The monoisotopic (exact) mass is 341 g/mol. The molecule has 0 aliphatic rings. The van der Waals surface area contributed by atoms with Gasteiger partial charge in [0.25, 0.3) is 0 Å². The Morgan fingerprint density at radius 2 is 1.71 bits per heavy atom. The lowest BCUT2D eigenvalue weighted by molar-refractivity contribution is 0.103. The molecular formula is C18H16BrNO. The summed E-state index contributed by atoms with van der Waals surface area (Å²) in [5.74, 6) is 0.0820. The van der Waals surface area contributed by atoms with E-state index in [1.54, 1.807) is 6.20 Å². The minimum atomic E-state index is 0.0820. The average molecular weight is 342 g/mol. The number of ketones is 1. The fraction of sp³-hybridized carbons (Fsp3) is 0.167. The van der Waals surface area contributed by atoms with E-state index in [1.807, 2.05) is 32.0 Å². The third-order valence-corrected chi connectivity index (χ3v) is 4.29. The standard InChI is InChI=1S/C18H16BrNO/c1-10-6-11(2)17(12(3)7-10)18(21)15-9-20-16-8-13(19)4-5-14(15)16/h4-9,20H,1-3H3. The number of aromatic nitrogens is 1. The molecule has 0 aliphatic carbocycles. The van der Waals surface area contributed by atoms with Gasteiger partial charge >= 0.3 is 0 Å². The molecule has 2 nitrogen and oxygen atoms in total. The van der Waals surface area contributed by atoms with E-state index in [9.17, 15) is 4.79 Å². The molecule has 0 atom stereocenters. The van der Waals surface area contributed by atoms with E-state index in [4.69, 9.17) is 0 Å². The fourth-order valence-electron chi connectivity index (χ4n) is 2.96. The largest absolute Gasteiger partial charge is 0.360 e. The van der Waals surface area contributed by atoms with Crippen molar-refractivity contribution in [1.29, 1.82) is 0 Å². The SMILES string of the molecule is Cc1cc(C)c(C(=O)c2c[nH]c3cc(Br)ccc23)c(C)c1. The van der Waals surface area contributed by atoms with Gasteiger partial charge < -0.3 is 4.98 Å². The van der Waals surface area contributed by atoms with E-state index in [1.165, 1.54) is 5.56 Å². The van der Waals surface area contributed by atoms with Gasteiger partial charge in [0.1, 0.15) is 0 Å². The third kappa shape index (κ3) is 2.42. The quantitative estimate of drug-likeness (QED) is 0.647. The normalized spacial score (nSPS) is 11.0. The van der Waals surface area contributed by atoms with Crippen LogP contribution in [-0.4, -0.2) is 10.8 Å². The maximum Gasteiger partial charge on any atom is 0.195 e. The van der Waals surface area contributed by atoms with Crippen molar-refractivity contribution in [3.05, 3.63) is 68.8 Å². The van der Waals surface area contributed by atoms with E-state index in [0.717, 1.165) is 37.6 Å². The molecule has 0 aliphatic heterocycles. The molecule has 1 aromatic heterocycles. The highest BCUT2D eigenvalue weighted by molar-refractivity contribution is 9.10. The average Bonchev–Trinajstić information content (AvgIpc) is 2.80. The Hall–Kier alpha value is -1.87. The number of rotatable bonds is 2. The number of carbonyl (C=O) groups excluding carboxylic acids is 1. The van der Waals surface area contributed by atoms with E-state index in [-0.39, 0.29) is 5.78 Å². The number of aromatic amines is 1. The first-order valence-electron chi connectivity index (χ1n) is 6.86. The Balaban J connectivity index is 2.18. The summed E-state index contributed by atoms with van der Waals surface area (Å²) in [6, 6.07) is 10.0. The highest BCUT2D eigenvalue weighted by Gasteiger charge is 2.18. The van der Waals surface area contributed by atoms with Crippen LogP contribution in [0.1, 0.15) is 32.6 Å². The maximum absolute atomic E-state index is 12.9. The smallest absolute Gasteiger partial charge is 0.195 e. The van der Waals surface area contributed by atoms with E-state index in [2.05, 4.69) is 40.0 Å². The van der Waals surface area contributed by atoms with Crippen molar-refractivity contribution < 1.29 is 4.79 Å². The second-order valence-corrected chi connectivity index (χ2v) is 6.41. The van der Waals surface area contributed by atoms with Gasteiger partial charge in [0.15, 0.2) is 5.78 Å². The number of benzene rings is 2. The van der Waals surface area contributed by atoms with Crippen LogP contribution in [0.2, 0.25) is 0 Å². The summed E-state index contributed by atoms with van der Waals surface area (Å²) in [6.07, 6.45) is 1.80. The molecule has 0 radical (unpaired) electrons. The summed E-state index contributed by atoms with van der Waals surface area (Å²) < 4.78 is 0.999. The Morgan fingerprint density at radius 1 is 1.05 bits per heavy atom. The van der Waals surface area contributed by atoms with Crippen molar-refractivity contribution in [3.8, 4) is 0 Å². The zero-order valence-electron chi connectivity index (χ0n) is 12.3. The lowest BCUT2D eigenvalue weighted by atomic mass is 9.93. The van der Waals surface area contributed by atoms with Crippen LogP contribution in [0, 0.1) is 20.8 Å². The predicted octanol–water partition coefficient (Wildman–Crippen LogP) is 5.09. The number of aryl methyl sites for hydroxylation is 3. The predicted molar refractivity (Wildman–Crippen MR) is 90.1 cm³/mol. The van der Waals surface area contributed by atoms with Gasteiger partial charge in [0, 0.05) is 32.7 Å². The van der Waals surface area contributed by atoms with Gasteiger partial charge in [-0.2, -0.15) is 0 Å². The number of fused-ring (bicyclic) bond motifs is 1. The van der Waals surface area contributed by atoms with Crippen LogP contribution in [0.25, 0.3) is 10.9 Å². The zero-order valence-corrected chi connectivity index (χ0v) is 13.8. The van der Waals surface area contributed by atoms with E-state index in [0.29, 0.717) is 0 Å². The Kier molecular flexibility index (Phi) is 3.46. The number of hydrogen-bond acceptors (Lipinski definition) is 1. The third-order valence-electron chi connectivity index (χ3n) is 3.79. The van der Waals surface area contributed by atoms with Gasteiger partial charge in [-0.15, -0.1) is 0 Å². The van der Waals surface area contributed by atoms with Crippen LogP contribution in [-0.2, 0) is 0 Å². The van der Waals surface area contributed by atoms with Gasteiger partial charge in [-0.1, -0.05) is 39.7 Å². The van der Waals surface area contributed by atoms with Gasteiger partial charge in [0.05, 0.1) is 0 Å². The first-order valence-corrected chi connectivity index (χ1v) is 7.66. The summed E-state index contributed by atoms with van der Waals surface area (Å²) in [4.78, 5) is 16.1. The summed E-state index contributed by atoms with van der Waals surface area (Å²) in [7, 11) is 0. The van der Waals surface area contributed by atoms with Crippen molar-refractivity contribution >= 4 is 32.6 Å². The van der Waals surface area contributed by atoms with Crippen molar-refractivity contribution in [2.75, 3.05) is 0 Å². The highest BCUT2D eigenvalue weighted by Crippen LogP contribution is 2.27. The lowest BCUT2D eigenvalue weighted by Gasteiger charge is -2.10. The summed E-state index contributed by atoms with van der Waals surface area (Å²) >= 11 is 3.45. The number of nitrogens with one attached hydrogen (secondary N) is 1. The molecule has 21 heavy (non-hydrogen) atoms. The molecule has 0 unspecified atom stereocenters. The van der Waals surface area contributed by atoms with Crippen LogP contribution in [0.5, 0.6) is 0 Å². The summed E-state index contributed by atoms with van der Waals surface area (Å²) in [6.45, 7) is 6.05. The second-order valence-electron chi connectivity index (χ2n) is 5.50. The van der Waals surface area contributed by atoms with Crippen LogP contribution in [0.3, 0.4) is 0 Å². The lowest BCUT2D eigenvalue weighted by Crippen LogP contribution is -2.06. The number of halogens is 1. The summed E-state index contributed by atoms with van der Waals surface area (Å²) in [5.41, 5.74) is 5.75. The Morgan fingerprint density at radius 3 is 2.38 bits per heavy atom. The van der Waals surface area contributed by atoms with Crippen LogP contribution < -0.4 is 0 Å². The molecule has 3 heteroatoms. The molecule has 0 bridgehead atoms. The van der Waals surface area contributed by atoms with Gasteiger partial charge in [-0.25, -0.2) is 0 Å². The highest BCUT2D eigenvalue weighted by atomic mass is 79.9. The minimum Gasteiger partial charge on any atom is -0.360 e. The molecule has 0 saturated carbocycles. The van der Waals surface area contributed by atoms with E-state index >= 15 is 0 Å². The van der Waals surface area contributed by atoms with Crippen LogP contribution in [0.4, 0.5) is 0 Å². The molecule has 0 spiro atoms. The van der Waals surface area contributed by atoms with Crippen molar-refractivity contribution in [2.24, 2.45) is 0 Å². The number of H-pyrrole nitrogens is 1. The molecule has 1 N–H and O–H groups in total. The fourth-order valence-corrected chi connectivity index (χ4v) is 3.32. The van der Waals surface area contributed by atoms with Crippen molar-refractivity contribution in [1.82, 2.24) is 4.98 Å². The van der Waals surface area contributed by atoms with Crippen molar-refractivity contribution in [3.63, 3.8) is 0 Å². The van der Waals surface area contributed by atoms with Crippen LogP contribution >= 0.6 is 15.9 Å².